The zero-order chi connectivity index (χ0) is 21.3. The molecular weight excluding hydrogens is 441 g/mol. The Morgan fingerprint density at radius 1 is 0.833 bits per heavy atom. The molecule has 0 unspecified atom stereocenters. The Bertz CT molecular complexity index is 1340. The number of pyridine rings is 1. The van der Waals surface area contributed by atoms with Crippen molar-refractivity contribution in [3.63, 3.8) is 0 Å². The summed E-state index contributed by atoms with van der Waals surface area (Å²) in [5.74, 6) is -0.437. The fourth-order valence-corrected chi connectivity index (χ4v) is 4.05. The molecule has 30 heavy (non-hydrogen) atoms. The van der Waals surface area contributed by atoms with Gasteiger partial charge >= 0.3 is 0 Å². The van der Waals surface area contributed by atoms with E-state index >= 15 is 0 Å². The second-order valence-electron chi connectivity index (χ2n) is 6.66. The highest BCUT2D eigenvalue weighted by atomic mass is 35.5. The van der Waals surface area contributed by atoms with Gasteiger partial charge in [-0.2, -0.15) is 0 Å². The second-order valence-corrected chi connectivity index (χ2v) is 7.97. The molecule has 3 aromatic carbocycles. The zero-order valence-corrected chi connectivity index (χ0v) is 17.7. The smallest absolute Gasteiger partial charge is 0.260 e. The Morgan fingerprint density at radius 2 is 1.53 bits per heavy atom. The Hall–Kier alpha value is -2.85. The summed E-state index contributed by atoms with van der Waals surface area (Å²) in [6, 6.07) is 19.4. The van der Waals surface area contributed by atoms with Crippen LogP contribution in [0.1, 0.15) is 15.9 Å². The first kappa shape index (κ1) is 20.4. The van der Waals surface area contributed by atoms with Gasteiger partial charge < -0.3 is 4.98 Å². The number of ketones is 1. The van der Waals surface area contributed by atoms with E-state index in [-0.39, 0.29) is 5.56 Å². The first-order valence-electron chi connectivity index (χ1n) is 9.02. The van der Waals surface area contributed by atoms with Crippen LogP contribution in [-0.4, -0.2) is 10.8 Å². The molecular formula is C24H14Cl3NO2. The van der Waals surface area contributed by atoms with Crippen LogP contribution in [0.15, 0.2) is 77.6 Å². The fourth-order valence-electron chi connectivity index (χ4n) is 3.33. The van der Waals surface area contributed by atoms with Crippen molar-refractivity contribution in [2.24, 2.45) is 0 Å². The average molecular weight is 455 g/mol. The number of benzene rings is 3. The quantitative estimate of drug-likeness (QED) is 0.265. The molecule has 6 heteroatoms. The molecule has 0 spiro atoms. The SMILES string of the molecule is O=C(/C=C/c1cc(Cl)cc(Cl)c1)c1c(-c2ccccc2)c2cc(Cl)ccc2[nH]c1=O. The summed E-state index contributed by atoms with van der Waals surface area (Å²) in [7, 11) is 0. The Labute approximate surface area is 187 Å². The van der Waals surface area contributed by atoms with E-state index in [1.807, 2.05) is 30.3 Å². The molecule has 0 fully saturated rings. The minimum atomic E-state index is -0.470. The summed E-state index contributed by atoms with van der Waals surface area (Å²) in [6.45, 7) is 0. The molecule has 0 radical (unpaired) electrons. The van der Waals surface area contributed by atoms with Gasteiger partial charge in [-0.05, 0) is 53.6 Å². The number of hydrogen-bond donors (Lipinski definition) is 1. The van der Waals surface area contributed by atoms with Crippen LogP contribution in [0, 0.1) is 0 Å². The maximum absolute atomic E-state index is 13.1. The number of carbonyl (C=O) groups is 1. The first-order chi connectivity index (χ1) is 14.4. The number of rotatable bonds is 4. The maximum atomic E-state index is 13.1. The third-order valence-corrected chi connectivity index (χ3v) is 5.27. The molecule has 0 aliphatic carbocycles. The molecule has 0 bridgehead atoms. The number of fused-ring (bicyclic) bond motifs is 1. The Kier molecular flexibility index (Phi) is 5.78. The number of aromatic amines is 1. The predicted octanol–water partition coefficient (Wildman–Crippen LogP) is 7.05. The lowest BCUT2D eigenvalue weighted by molar-refractivity contribution is 0.104. The van der Waals surface area contributed by atoms with Crippen molar-refractivity contribution < 1.29 is 4.79 Å². The van der Waals surface area contributed by atoms with Crippen molar-refractivity contribution >= 4 is 57.6 Å². The van der Waals surface area contributed by atoms with Gasteiger partial charge in [0.05, 0.1) is 5.56 Å². The van der Waals surface area contributed by atoms with Crippen LogP contribution in [0.25, 0.3) is 28.1 Å². The number of aromatic nitrogens is 1. The van der Waals surface area contributed by atoms with Gasteiger partial charge in [0, 0.05) is 31.5 Å². The first-order valence-corrected chi connectivity index (χ1v) is 10.2. The lowest BCUT2D eigenvalue weighted by Gasteiger charge is -2.11. The van der Waals surface area contributed by atoms with Crippen molar-refractivity contribution in [3.05, 3.63) is 109 Å². The van der Waals surface area contributed by atoms with E-state index in [4.69, 9.17) is 34.8 Å². The van der Waals surface area contributed by atoms with Gasteiger partial charge in [0.15, 0.2) is 5.78 Å². The largest absolute Gasteiger partial charge is 0.321 e. The number of H-pyrrole nitrogens is 1. The summed E-state index contributed by atoms with van der Waals surface area (Å²) < 4.78 is 0. The third-order valence-electron chi connectivity index (χ3n) is 4.60. The van der Waals surface area contributed by atoms with E-state index in [9.17, 15) is 9.59 Å². The van der Waals surface area contributed by atoms with E-state index < -0.39 is 11.3 Å². The number of halogens is 3. The molecule has 0 saturated carbocycles. The minimum absolute atomic E-state index is 0.0420. The lowest BCUT2D eigenvalue weighted by Crippen LogP contribution is -2.18. The summed E-state index contributed by atoms with van der Waals surface area (Å²) in [5, 5.41) is 2.11. The van der Waals surface area contributed by atoms with Crippen LogP contribution in [0.2, 0.25) is 15.1 Å². The standard InChI is InChI=1S/C24H14Cl3NO2/c25-16-7-8-20-19(13-16)22(15-4-2-1-3-5-15)23(24(30)28-20)21(29)9-6-14-10-17(26)12-18(27)11-14/h1-13H,(H,28,30)/b9-6+. The third kappa shape index (κ3) is 4.19. The van der Waals surface area contributed by atoms with Crippen LogP contribution < -0.4 is 5.56 Å². The molecule has 0 saturated heterocycles. The normalized spacial score (nSPS) is 11.3. The highest BCUT2D eigenvalue weighted by Gasteiger charge is 2.19. The van der Waals surface area contributed by atoms with Gasteiger partial charge in [-0.15, -0.1) is 0 Å². The maximum Gasteiger partial charge on any atom is 0.260 e. The van der Waals surface area contributed by atoms with E-state index in [0.717, 1.165) is 5.56 Å². The van der Waals surface area contributed by atoms with E-state index in [1.165, 1.54) is 6.08 Å². The highest BCUT2D eigenvalue weighted by Crippen LogP contribution is 2.31. The van der Waals surface area contributed by atoms with Gasteiger partial charge in [-0.3, -0.25) is 9.59 Å². The molecule has 4 rings (SSSR count). The molecule has 0 amide bonds. The van der Waals surface area contributed by atoms with Crippen molar-refractivity contribution in [1.29, 1.82) is 0 Å². The monoisotopic (exact) mass is 453 g/mol. The summed E-state index contributed by atoms with van der Waals surface area (Å²) >= 11 is 18.2. The van der Waals surface area contributed by atoms with Crippen molar-refractivity contribution in [2.75, 3.05) is 0 Å². The van der Waals surface area contributed by atoms with E-state index in [2.05, 4.69) is 4.98 Å². The number of allylic oxidation sites excluding steroid dienone is 1. The zero-order valence-electron chi connectivity index (χ0n) is 15.5. The molecule has 1 aromatic heterocycles. The Morgan fingerprint density at radius 3 is 2.23 bits per heavy atom. The molecule has 4 aromatic rings. The molecule has 1 N–H and O–H groups in total. The molecule has 148 valence electrons. The summed E-state index contributed by atoms with van der Waals surface area (Å²) in [4.78, 5) is 28.8. The van der Waals surface area contributed by atoms with Crippen molar-refractivity contribution in [3.8, 4) is 11.1 Å². The van der Waals surface area contributed by atoms with Gasteiger partial charge in [0.25, 0.3) is 5.56 Å². The van der Waals surface area contributed by atoms with Crippen LogP contribution in [0.4, 0.5) is 0 Å². The van der Waals surface area contributed by atoms with Gasteiger partial charge in [0.2, 0.25) is 0 Å². The van der Waals surface area contributed by atoms with Gasteiger partial charge in [0.1, 0.15) is 0 Å². The van der Waals surface area contributed by atoms with Crippen LogP contribution >= 0.6 is 34.8 Å². The number of hydrogen-bond acceptors (Lipinski definition) is 2. The molecule has 3 nitrogen and oxygen atoms in total. The summed E-state index contributed by atoms with van der Waals surface area (Å²) in [5.41, 5.74) is 2.12. The number of nitrogens with one attached hydrogen (secondary N) is 1. The van der Waals surface area contributed by atoms with Gasteiger partial charge in [-0.1, -0.05) is 71.2 Å². The van der Waals surface area contributed by atoms with Crippen LogP contribution in [0.3, 0.4) is 0 Å². The average Bonchev–Trinajstić information content (AvgIpc) is 2.71. The van der Waals surface area contributed by atoms with Crippen molar-refractivity contribution in [2.45, 2.75) is 0 Å². The van der Waals surface area contributed by atoms with E-state index in [1.54, 1.807) is 42.5 Å². The fraction of sp³-hybridized carbons (Fsp3) is 0. The Balaban J connectivity index is 1.91. The minimum Gasteiger partial charge on any atom is -0.321 e. The molecule has 0 aliphatic heterocycles. The number of carbonyl (C=O) groups excluding carboxylic acids is 1. The predicted molar refractivity (Wildman–Crippen MR) is 125 cm³/mol. The lowest BCUT2D eigenvalue weighted by atomic mass is 9.94. The topological polar surface area (TPSA) is 49.9 Å². The van der Waals surface area contributed by atoms with Crippen molar-refractivity contribution in [1.82, 2.24) is 4.98 Å². The molecule has 1 heterocycles. The molecule has 0 atom stereocenters. The van der Waals surface area contributed by atoms with Gasteiger partial charge in [-0.25, -0.2) is 0 Å². The van der Waals surface area contributed by atoms with Crippen LogP contribution in [0.5, 0.6) is 0 Å². The van der Waals surface area contributed by atoms with Crippen LogP contribution in [-0.2, 0) is 0 Å². The van der Waals surface area contributed by atoms with E-state index in [0.29, 0.717) is 37.1 Å². The summed E-state index contributed by atoms with van der Waals surface area (Å²) in [6.07, 6.45) is 2.92. The molecule has 0 aliphatic rings. The highest BCUT2D eigenvalue weighted by molar-refractivity contribution is 6.35. The second kappa shape index (κ2) is 8.49.